The SMILES string of the molecule is C[C@@H](NC(=O)CCNC(C)(C)C)c1ccccn1. The van der Waals surface area contributed by atoms with Crippen molar-refractivity contribution in [2.45, 2.75) is 45.7 Å². The Morgan fingerprint density at radius 2 is 2.11 bits per heavy atom. The molecule has 1 heterocycles. The molecule has 0 aliphatic carbocycles. The molecule has 0 aromatic carbocycles. The maximum Gasteiger partial charge on any atom is 0.221 e. The van der Waals surface area contributed by atoms with Gasteiger partial charge < -0.3 is 10.6 Å². The number of hydrogen-bond acceptors (Lipinski definition) is 3. The standard InChI is InChI=1S/C14H23N3O/c1-11(12-7-5-6-9-15-12)17-13(18)8-10-16-14(2,3)4/h5-7,9,11,16H,8,10H2,1-4H3,(H,17,18)/t11-/m1/s1. The molecule has 1 amide bonds. The first-order valence-electron chi connectivity index (χ1n) is 6.34. The molecule has 0 saturated carbocycles. The fourth-order valence-corrected chi connectivity index (χ4v) is 1.57. The van der Waals surface area contributed by atoms with Crippen LogP contribution in [0.3, 0.4) is 0 Å². The minimum absolute atomic E-state index is 0.0462. The van der Waals surface area contributed by atoms with Crippen LogP contribution in [0.1, 0.15) is 45.9 Å². The van der Waals surface area contributed by atoms with Crippen LogP contribution >= 0.6 is 0 Å². The van der Waals surface area contributed by atoms with E-state index >= 15 is 0 Å². The Balaban J connectivity index is 2.32. The number of aromatic nitrogens is 1. The van der Waals surface area contributed by atoms with Gasteiger partial charge in [-0.05, 0) is 39.8 Å². The number of nitrogens with one attached hydrogen (secondary N) is 2. The number of rotatable bonds is 5. The molecule has 0 bridgehead atoms. The minimum Gasteiger partial charge on any atom is -0.348 e. The maximum absolute atomic E-state index is 11.7. The highest BCUT2D eigenvalue weighted by atomic mass is 16.1. The average molecular weight is 249 g/mol. The van der Waals surface area contributed by atoms with Crippen LogP contribution in [0.15, 0.2) is 24.4 Å². The molecule has 0 unspecified atom stereocenters. The van der Waals surface area contributed by atoms with Crippen LogP contribution in [0, 0.1) is 0 Å². The molecule has 1 aromatic rings. The first kappa shape index (κ1) is 14.6. The Morgan fingerprint density at radius 3 is 2.67 bits per heavy atom. The lowest BCUT2D eigenvalue weighted by atomic mass is 10.1. The van der Waals surface area contributed by atoms with Crippen molar-refractivity contribution >= 4 is 5.91 Å². The zero-order valence-corrected chi connectivity index (χ0v) is 11.7. The van der Waals surface area contributed by atoms with Crippen molar-refractivity contribution in [1.82, 2.24) is 15.6 Å². The summed E-state index contributed by atoms with van der Waals surface area (Å²) < 4.78 is 0. The van der Waals surface area contributed by atoms with Crippen LogP contribution in [0.4, 0.5) is 0 Å². The molecule has 18 heavy (non-hydrogen) atoms. The summed E-state index contributed by atoms with van der Waals surface area (Å²) in [5, 5.41) is 6.23. The maximum atomic E-state index is 11.7. The van der Waals surface area contributed by atoms with Gasteiger partial charge in [0.05, 0.1) is 11.7 Å². The average Bonchev–Trinajstić information content (AvgIpc) is 2.28. The summed E-state index contributed by atoms with van der Waals surface area (Å²) in [4.78, 5) is 16.0. The van der Waals surface area contributed by atoms with Gasteiger partial charge in [0.25, 0.3) is 0 Å². The third-order valence-corrected chi connectivity index (χ3v) is 2.52. The van der Waals surface area contributed by atoms with Crippen molar-refractivity contribution in [3.8, 4) is 0 Å². The van der Waals surface area contributed by atoms with Crippen LogP contribution < -0.4 is 10.6 Å². The molecule has 0 spiro atoms. The zero-order chi connectivity index (χ0) is 13.6. The zero-order valence-electron chi connectivity index (χ0n) is 11.7. The molecule has 100 valence electrons. The number of pyridine rings is 1. The molecule has 1 aromatic heterocycles. The first-order chi connectivity index (χ1) is 8.38. The quantitative estimate of drug-likeness (QED) is 0.839. The molecule has 0 radical (unpaired) electrons. The summed E-state index contributed by atoms with van der Waals surface area (Å²) in [6.07, 6.45) is 2.22. The van der Waals surface area contributed by atoms with Gasteiger partial charge in [-0.3, -0.25) is 9.78 Å². The van der Waals surface area contributed by atoms with Gasteiger partial charge in [0, 0.05) is 24.7 Å². The minimum atomic E-state index is -0.0478. The van der Waals surface area contributed by atoms with E-state index in [1.807, 2.05) is 25.1 Å². The Hall–Kier alpha value is -1.42. The van der Waals surface area contributed by atoms with Crippen molar-refractivity contribution in [3.63, 3.8) is 0 Å². The van der Waals surface area contributed by atoms with Crippen molar-refractivity contribution in [3.05, 3.63) is 30.1 Å². The number of carbonyl (C=O) groups is 1. The smallest absolute Gasteiger partial charge is 0.221 e. The first-order valence-corrected chi connectivity index (χ1v) is 6.34. The predicted molar refractivity (Wildman–Crippen MR) is 73.2 cm³/mol. The molecule has 0 saturated heterocycles. The summed E-state index contributed by atoms with van der Waals surface area (Å²) in [5.74, 6) is 0.0462. The van der Waals surface area contributed by atoms with E-state index < -0.39 is 0 Å². The van der Waals surface area contributed by atoms with E-state index in [4.69, 9.17) is 0 Å². The molecular weight excluding hydrogens is 226 g/mol. The second-order valence-electron chi connectivity index (χ2n) is 5.47. The molecule has 1 rings (SSSR count). The summed E-state index contributed by atoms with van der Waals surface area (Å²) in [7, 11) is 0. The monoisotopic (exact) mass is 249 g/mol. The number of carbonyl (C=O) groups excluding carboxylic acids is 1. The van der Waals surface area contributed by atoms with E-state index in [0.717, 1.165) is 5.69 Å². The van der Waals surface area contributed by atoms with Gasteiger partial charge >= 0.3 is 0 Å². The lowest BCUT2D eigenvalue weighted by Crippen LogP contribution is -2.38. The summed E-state index contributed by atoms with van der Waals surface area (Å²) in [6, 6.07) is 5.66. The number of nitrogens with zero attached hydrogens (tertiary/aromatic N) is 1. The molecule has 4 nitrogen and oxygen atoms in total. The molecule has 1 atom stereocenters. The van der Waals surface area contributed by atoms with E-state index in [1.54, 1.807) is 6.20 Å². The topological polar surface area (TPSA) is 54.0 Å². The molecule has 4 heteroatoms. The lowest BCUT2D eigenvalue weighted by molar-refractivity contribution is -0.121. The van der Waals surface area contributed by atoms with Gasteiger partial charge in [-0.1, -0.05) is 6.07 Å². The Kier molecular flexibility index (Phi) is 5.28. The van der Waals surface area contributed by atoms with Crippen molar-refractivity contribution in [1.29, 1.82) is 0 Å². The van der Waals surface area contributed by atoms with Gasteiger partial charge in [-0.2, -0.15) is 0 Å². The highest BCUT2D eigenvalue weighted by Gasteiger charge is 2.12. The van der Waals surface area contributed by atoms with Crippen LogP contribution in [0.25, 0.3) is 0 Å². The Bertz CT molecular complexity index is 370. The Labute approximate surface area is 109 Å². The fraction of sp³-hybridized carbons (Fsp3) is 0.571. The summed E-state index contributed by atoms with van der Waals surface area (Å²) in [6.45, 7) is 8.88. The van der Waals surface area contributed by atoms with E-state index in [-0.39, 0.29) is 17.5 Å². The third-order valence-electron chi connectivity index (χ3n) is 2.52. The molecular formula is C14H23N3O. The number of hydrogen-bond donors (Lipinski definition) is 2. The molecule has 0 fully saturated rings. The van der Waals surface area contributed by atoms with E-state index in [1.165, 1.54) is 0 Å². The van der Waals surface area contributed by atoms with E-state index in [2.05, 4.69) is 36.4 Å². The van der Waals surface area contributed by atoms with Gasteiger partial charge in [-0.25, -0.2) is 0 Å². The lowest BCUT2D eigenvalue weighted by Gasteiger charge is -2.20. The van der Waals surface area contributed by atoms with E-state index in [9.17, 15) is 4.79 Å². The van der Waals surface area contributed by atoms with Crippen molar-refractivity contribution in [2.24, 2.45) is 0 Å². The highest BCUT2D eigenvalue weighted by Crippen LogP contribution is 2.07. The second-order valence-corrected chi connectivity index (χ2v) is 5.47. The van der Waals surface area contributed by atoms with E-state index in [0.29, 0.717) is 13.0 Å². The molecule has 2 N–H and O–H groups in total. The predicted octanol–water partition coefficient (Wildman–Crippen LogP) is 2.04. The number of amides is 1. The Morgan fingerprint density at radius 1 is 1.39 bits per heavy atom. The van der Waals surface area contributed by atoms with Crippen molar-refractivity contribution < 1.29 is 4.79 Å². The largest absolute Gasteiger partial charge is 0.348 e. The van der Waals surface area contributed by atoms with Crippen molar-refractivity contribution in [2.75, 3.05) is 6.54 Å². The van der Waals surface area contributed by atoms with Crippen LogP contribution in [-0.2, 0) is 4.79 Å². The molecule has 0 aliphatic rings. The van der Waals surface area contributed by atoms with Crippen LogP contribution in [0.2, 0.25) is 0 Å². The van der Waals surface area contributed by atoms with Gasteiger partial charge in [-0.15, -0.1) is 0 Å². The second kappa shape index (κ2) is 6.50. The summed E-state index contributed by atoms with van der Waals surface area (Å²) in [5.41, 5.74) is 0.932. The van der Waals surface area contributed by atoms with Crippen LogP contribution in [0.5, 0.6) is 0 Å². The van der Waals surface area contributed by atoms with Crippen LogP contribution in [-0.4, -0.2) is 23.0 Å². The summed E-state index contributed by atoms with van der Waals surface area (Å²) >= 11 is 0. The fourth-order valence-electron chi connectivity index (χ4n) is 1.57. The highest BCUT2D eigenvalue weighted by molar-refractivity contribution is 5.76. The van der Waals surface area contributed by atoms with Gasteiger partial charge in [0.15, 0.2) is 0 Å². The van der Waals surface area contributed by atoms with Gasteiger partial charge in [0.2, 0.25) is 5.91 Å². The normalized spacial score (nSPS) is 13.1. The third kappa shape index (κ3) is 5.77. The van der Waals surface area contributed by atoms with Gasteiger partial charge in [0.1, 0.15) is 0 Å². The molecule has 0 aliphatic heterocycles.